The Morgan fingerprint density at radius 2 is 2.06 bits per heavy atom. The third kappa shape index (κ3) is 2.65. The fraction of sp³-hybridized carbons (Fsp3) is 0.167. The fourth-order valence-electron chi connectivity index (χ4n) is 1.52. The standard InChI is InChI=1S/C12H12ClN3O/c1-9-6-7-14-16(9)11-4-2-10(3-5-11)15-12(17)8-13/h2-7H,8H2,1H3,(H,15,17). The van der Waals surface area contributed by atoms with E-state index in [0.29, 0.717) is 0 Å². The summed E-state index contributed by atoms with van der Waals surface area (Å²) in [6, 6.07) is 9.36. The van der Waals surface area contributed by atoms with Crippen LogP contribution in [-0.2, 0) is 4.79 Å². The number of nitrogens with one attached hydrogen (secondary N) is 1. The third-order valence-corrected chi connectivity index (χ3v) is 2.59. The van der Waals surface area contributed by atoms with Crippen molar-refractivity contribution >= 4 is 23.2 Å². The molecule has 0 aliphatic heterocycles. The van der Waals surface area contributed by atoms with Crippen LogP contribution in [0.4, 0.5) is 5.69 Å². The number of alkyl halides is 1. The summed E-state index contributed by atoms with van der Waals surface area (Å²) in [5.74, 6) is -0.255. The molecule has 88 valence electrons. The number of amides is 1. The molecule has 0 saturated carbocycles. The van der Waals surface area contributed by atoms with E-state index < -0.39 is 0 Å². The van der Waals surface area contributed by atoms with Crippen LogP contribution in [0.15, 0.2) is 36.5 Å². The van der Waals surface area contributed by atoms with Gasteiger partial charge in [-0.2, -0.15) is 5.10 Å². The van der Waals surface area contributed by atoms with Gasteiger partial charge in [0.15, 0.2) is 0 Å². The van der Waals surface area contributed by atoms with Gasteiger partial charge in [0.1, 0.15) is 5.88 Å². The Kier molecular flexibility index (Phi) is 3.44. The molecule has 0 spiro atoms. The first kappa shape index (κ1) is 11.7. The molecular weight excluding hydrogens is 238 g/mol. The molecule has 2 rings (SSSR count). The zero-order chi connectivity index (χ0) is 12.3. The van der Waals surface area contributed by atoms with Gasteiger partial charge in [-0.05, 0) is 37.3 Å². The van der Waals surface area contributed by atoms with E-state index in [1.165, 1.54) is 0 Å². The fourth-order valence-corrected chi connectivity index (χ4v) is 1.59. The highest BCUT2D eigenvalue weighted by Crippen LogP contribution is 2.14. The van der Waals surface area contributed by atoms with Crippen LogP contribution in [0, 0.1) is 6.92 Å². The van der Waals surface area contributed by atoms with Gasteiger partial charge in [0.2, 0.25) is 5.91 Å². The Hall–Kier alpha value is -1.81. The van der Waals surface area contributed by atoms with Gasteiger partial charge in [0.05, 0.1) is 5.69 Å². The van der Waals surface area contributed by atoms with Gasteiger partial charge in [0, 0.05) is 17.6 Å². The number of nitrogens with zero attached hydrogens (tertiary/aromatic N) is 2. The van der Waals surface area contributed by atoms with Crippen molar-refractivity contribution in [3.63, 3.8) is 0 Å². The normalized spacial score (nSPS) is 10.2. The van der Waals surface area contributed by atoms with Gasteiger partial charge in [-0.15, -0.1) is 11.6 Å². The molecule has 0 bridgehead atoms. The molecule has 1 heterocycles. The van der Waals surface area contributed by atoms with Crippen molar-refractivity contribution in [1.29, 1.82) is 0 Å². The number of carbonyl (C=O) groups is 1. The van der Waals surface area contributed by atoms with Gasteiger partial charge >= 0.3 is 0 Å². The molecule has 0 radical (unpaired) electrons. The van der Waals surface area contributed by atoms with Crippen molar-refractivity contribution in [1.82, 2.24) is 9.78 Å². The maximum atomic E-state index is 11.1. The molecule has 2 aromatic rings. The summed E-state index contributed by atoms with van der Waals surface area (Å²) in [7, 11) is 0. The summed E-state index contributed by atoms with van der Waals surface area (Å²) in [5, 5.41) is 6.88. The Balaban J connectivity index is 2.19. The van der Waals surface area contributed by atoms with Gasteiger partial charge < -0.3 is 5.32 Å². The van der Waals surface area contributed by atoms with E-state index in [1.807, 2.05) is 41.9 Å². The van der Waals surface area contributed by atoms with E-state index in [2.05, 4.69) is 10.4 Å². The number of rotatable bonds is 3. The Bertz CT molecular complexity index is 519. The van der Waals surface area contributed by atoms with E-state index in [4.69, 9.17) is 11.6 Å². The molecule has 1 aromatic carbocycles. The van der Waals surface area contributed by atoms with E-state index >= 15 is 0 Å². The lowest BCUT2D eigenvalue weighted by Crippen LogP contribution is -2.12. The monoisotopic (exact) mass is 249 g/mol. The van der Waals surface area contributed by atoms with Crippen LogP contribution in [0.25, 0.3) is 5.69 Å². The van der Waals surface area contributed by atoms with Gasteiger partial charge in [0.25, 0.3) is 0 Å². The largest absolute Gasteiger partial charge is 0.325 e. The molecule has 1 aromatic heterocycles. The van der Waals surface area contributed by atoms with Crippen LogP contribution in [0.1, 0.15) is 5.69 Å². The number of hydrogen-bond acceptors (Lipinski definition) is 2. The number of hydrogen-bond donors (Lipinski definition) is 1. The molecule has 0 aliphatic rings. The molecular formula is C12H12ClN3O. The second kappa shape index (κ2) is 5.01. The van der Waals surface area contributed by atoms with Gasteiger partial charge in [-0.25, -0.2) is 4.68 Å². The minimum Gasteiger partial charge on any atom is -0.325 e. The lowest BCUT2D eigenvalue weighted by atomic mass is 10.2. The molecule has 1 amide bonds. The second-order valence-electron chi connectivity index (χ2n) is 3.61. The van der Waals surface area contributed by atoms with E-state index in [1.54, 1.807) is 6.20 Å². The zero-order valence-corrected chi connectivity index (χ0v) is 10.1. The summed E-state index contributed by atoms with van der Waals surface area (Å²) in [4.78, 5) is 11.1. The Labute approximate surface area is 104 Å². The smallest absolute Gasteiger partial charge is 0.239 e. The second-order valence-corrected chi connectivity index (χ2v) is 3.88. The average molecular weight is 250 g/mol. The first-order valence-electron chi connectivity index (χ1n) is 5.17. The zero-order valence-electron chi connectivity index (χ0n) is 9.35. The van der Waals surface area contributed by atoms with Crippen molar-refractivity contribution < 1.29 is 4.79 Å². The summed E-state index contributed by atoms with van der Waals surface area (Å²) in [6.45, 7) is 1.98. The highest BCUT2D eigenvalue weighted by molar-refractivity contribution is 6.29. The van der Waals surface area contributed by atoms with Crippen molar-refractivity contribution in [2.24, 2.45) is 0 Å². The van der Waals surface area contributed by atoms with Crippen LogP contribution in [0.3, 0.4) is 0 Å². The highest BCUT2D eigenvalue weighted by atomic mass is 35.5. The van der Waals surface area contributed by atoms with E-state index in [9.17, 15) is 4.79 Å². The number of halogens is 1. The third-order valence-electron chi connectivity index (χ3n) is 2.35. The predicted molar refractivity (Wildman–Crippen MR) is 67.7 cm³/mol. The summed E-state index contributed by atoms with van der Waals surface area (Å²) >= 11 is 5.41. The van der Waals surface area contributed by atoms with Gasteiger partial charge in [-0.3, -0.25) is 4.79 Å². The minimum atomic E-state index is -0.213. The first-order valence-corrected chi connectivity index (χ1v) is 5.71. The topological polar surface area (TPSA) is 46.9 Å². The van der Waals surface area contributed by atoms with Crippen molar-refractivity contribution in [3.8, 4) is 5.69 Å². The highest BCUT2D eigenvalue weighted by Gasteiger charge is 2.02. The summed E-state index contributed by atoms with van der Waals surface area (Å²) in [6.07, 6.45) is 1.75. The van der Waals surface area contributed by atoms with Crippen LogP contribution < -0.4 is 5.32 Å². The average Bonchev–Trinajstić information content (AvgIpc) is 2.76. The summed E-state index contributed by atoms with van der Waals surface area (Å²) < 4.78 is 1.83. The number of aromatic nitrogens is 2. The summed E-state index contributed by atoms with van der Waals surface area (Å²) in [5.41, 5.74) is 2.74. The van der Waals surface area contributed by atoms with Crippen LogP contribution in [0.2, 0.25) is 0 Å². The number of carbonyl (C=O) groups excluding carboxylic acids is 1. The maximum Gasteiger partial charge on any atom is 0.239 e. The molecule has 0 saturated heterocycles. The maximum absolute atomic E-state index is 11.1. The molecule has 17 heavy (non-hydrogen) atoms. The first-order chi connectivity index (χ1) is 8.20. The molecule has 0 fully saturated rings. The molecule has 0 unspecified atom stereocenters. The lowest BCUT2D eigenvalue weighted by Gasteiger charge is -2.06. The molecule has 1 N–H and O–H groups in total. The minimum absolute atomic E-state index is 0.0417. The van der Waals surface area contributed by atoms with Crippen molar-refractivity contribution in [2.75, 3.05) is 11.2 Å². The van der Waals surface area contributed by atoms with Gasteiger partial charge in [-0.1, -0.05) is 0 Å². The Morgan fingerprint density at radius 3 is 2.59 bits per heavy atom. The van der Waals surface area contributed by atoms with Crippen molar-refractivity contribution in [2.45, 2.75) is 6.92 Å². The lowest BCUT2D eigenvalue weighted by molar-refractivity contribution is -0.113. The number of anilines is 1. The van der Waals surface area contributed by atoms with Crippen LogP contribution >= 0.6 is 11.6 Å². The molecule has 5 heteroatoms. The van der Waals surface area contributed by atoms with E-state index in [0.717, 1.165) is 17.1 Å². The quantitative estimate of drug-likeness (QED) is 0.849. The van der Waals surface area contributed by atoms with Crippen molar-refractivity contribution in [3.05, 3.63) is 42.2 Å². The van der Waals surface area contributed by atoms with Crippen LogP contribution in [-0.4, -0.2) is 21.6 Å². The number of aryl methyl sites for hydroxylation is 1. The predicted octanol–water partition coefficient (Wildman–Crippen LogP) is 2.36. The molecule has 0 aliphatic carbocycles. The SMILES string of the molecule is Cc1ccnn1-c1ccc(NC(=O)CCl)cc1. The van der Waals surface area contributed by atoms with E-state index in [-0.39, 0.29) is 11.8 Å². The molecule has 0 atom stereocenters. The number of benzene rings is 1. The van der Waals surface area contributed by atoms with Crippen LogP contribution in [0.5, 0.6) is 0 Å². The molecule has 4 nitrogen and oxygen atoms in total. The Morgan fingerprint density at radius 1 is 1.35 bits per heavy atom.